The van der Waals surface area contributed by atoms with Gasteiger partial charge in [-0.2, -0.15) is 0 Å². The van der Waals surface area contributed by atoms with Crippen LogP contribution >= 0.6 is 27.3 Å². The van der Waals surface area contributed by atoms with E-state index in [4.69, 9.17) is 5.73 Å². The Hall–Kier alpha value is -0.390. The molecule has 0 atom stereocenters. The maximum absolute atomic E-state index is 12.2. The Labute approximate surface area is 114 Å². The molecule has 2 rings (SSSR count). The van der Waals surface area contributed by atoms with Crippen molar-refractivity contribution in [3.8, 4) is 0 Å². The summed E-state index contributed by atoms with van der Waals surface area (Å²) in [6.45, 7) is 1.45. The highest BCUT2D eigenvalue weighted by molar-refractivity contribution is 9.10. The van der Waals surface area contributed by atoms with Crippen LogP contribution in [-0.4, -0.2) is 30.9 Å². The van der Waals surface area contributed by atoms with Gasteiger partial charge < -0.3 is 10.6 Å². The third-order valence-corrected chi connectivity index (χ3v) is 5.22. The fourth-order valence-electron chi connectivity index (χ4n) is 2.29. The predicted octanol–water partition coefficient (Wildman–Crippen LogP) is 2.71. The van der Waals surface area contributed by atoms with Gasteiger partial charge in [-0.25, -0.2) is 0 Å². The van der Waals surface area contributed by atoms with Gasteiger partial charge in [-0.05, 0) is 41.4 Å². The van der Waals surface area contributed by atoms with Gasteiger partial charge in [-0.3, -0.25) is 4.79 Å². The Bertz CT molecular complexity index is 409. The van der Waals surface area contributed by atoms with Crippen molar-refractivity contribution in [2.75, 3.05) is 20.1 Å². The topological polar surface area (TPSA) is 46.3 Å². The fourth-order valence-corrected chi connectivity index (χ4v) is 3.71. The molecule has 1 fully saturated rings. The van der Waals surface area contributed by atoms with Crippen LogP contribution in [0.15, 0.2) is 15.9 Å². The first kappa shape index (κ1) is 13.1. The lowest BCUT2D eigenvalue weighted by Crippen LogP contribution is -2.47. The van der Waals surface area contributed by atoms with Crippen molar-refractivity contribution >= 4 is 33.2 Å². The molecule has 17 heavy (non-hydrogen) atoms. The largest absolute Gasteiger partial charge is 0.340 e. The van der Waals surface area contributed by atoms with Crippen LogP contribution in [0, 0.1) is 5.41 Å². The monoisotopic (exact) mass is 316 g/mol. The Kier molecular flexibility index (Phi) is 3.90. The lowest BCUT2D eigenvalue weighted by molar-refractivity contribution is 0.0572. The molecule has 1 aliphatic carbocycles. The smallest absolute Gasteiger partial charge is 0.263 e. The highest BCUT2D eigenvalue weighted by Gasteiger charge is 2.37. The molecule has 1 amide bonds. The molecular formula is C12H17BrN2OS. The summed E-state index contributed by atoms with van der Waals surface area (Å²) in [7, 11) is 1.87. The number of nitrogens with two attached hydrogens (primary N) is 1. The number of nitrogens with zero attached hydrogens (tertiary/aromatic N) is 1. The number of thiophene rings is 1. The maximum atomic E-state index is 12.2. The molecule has 0 unspecified atom stereocenters. The molecule has 0 bridgehead atoms. The van der Waals surface area contributed by atoms with Gasteiger partial charge in [0.05, 0.1) is 4.88 Å². The second kappa shape index (κ2) is 5.08. The van der Waals surface area contributed by atoms with Crippen LogP contribution < -0.4 is 5.73 Å². The van der Waals surface area contributed by atoms with E-state index in [0.717, 1.165) is 28.7 Å². The summed E-state index contributed by atoms with van der Waals surface area (Å²) in [6.07, 6.45) is 3.54. The second-order valence-corrected chi connectivity index (χ2v) is 6.67. The molecule has 3 nitrogen and oxygen atoms in total. The van der Waals surface area contributed by atoms with Gasteiger partial charge in [0, 0.05) is 28.9 Å². The second-order valence-electron chi connectivity index (χ2n) is 4.85. The number of hydrogen-bond donors (Lipinski definition) is 1. The standard InChI is InChI=1S/C12H17BrN2OS/c1-15(8-12(7-14)3-2-4-12)11(16)10-5-9(13)6-17-10/h5-6H,2-4,7-8,14H2,1H3. The summed E-state index contributed by atoms with van der Waals surface area (Å²) >= 11 is 4.85. The average molecular weight is 317 g/mol. The SMILES string of the molecule is CN(CC1(CN)CCC1)C(=O)c1cc(Br)cs1. The normalized spacial score (nSPS) is 17.6. The Balaban J connectivity index is 2.00. The van der Waals surface area contributed by atoms with Gasteiger partial charge in [0.2, 0.25) is 0 Å². The Morgan fingerprint density at radius 3 is 2.76 bits per heavy atom. The van der Waals surface area contributed by atoms with E-state index in [2.05, 4.69) is 15.9 Å². The minimum absolute atomic E-state index is 0.0976. The molecular weight excluding hydrogens is 300 g/mol. The zero-order valence-electron chi connectivity index (χ0n) is 9.91. The van der Waals surface area contributed by atoms with Gasteiger partial charge in [-0.15, -0.1) is 11.3 Å². The van der Waals surface area contributed by atoms with E-state index in [1.165, 1.54) is 17.8 Å². The molecule has 0 radical (unpaired) electrons. The lowest BCUT2D eigenvalue weighted by Gasteiger charge is -2.43. The van der Waals surface area contributed by atoms with Crippen molar-refractivity contribution in [1.29, 1.82) is 0 Å². The van der Waals surface area contributed by atoms with E-state index in [0.29, 0.717) is 6.54 Å². The molecule has 1 aliphatic rings. The first-order valence-electron chi connectivity index (χ1n) is 5.76. The van der Waals surface area contributed by atoms with E-state index < -0.39 is 0 Å². The minimum atomic E-state index is 0.0976. The van der Waals surface area contributed by atoms with Crippen LogP contribution in [0.1, 0.15) is 28.9 Å². The van der Waals surface area contributed by atoms with Gasteiger partial charge in [0.15, 0.2) is 0 Å². The van der Waals surface area contributed by atoms with Crippen molar-refractivity contribution < 1.29 is 4.79 Å². The van der Waals surface area contributed by atoms with Crippen LogP contribution in [-0.2, 0) is 0 Å². The third kappa shape index (κ3) is 2.72. The van der Waals surface area contributed by atoms with Crippen molar-refractivity contribution in [1.82, 2.24) is 4.90 Å². The molecule has 0 saturated heterocycles. The lowest BCUT2D eigenvalue weighted by atomic mass is 9.68. The van der Waals surface area contributed by atoms with Gasteiger partial charge in [-0.1, -0.05) is 6.42 Å². The first-order valence-corrected chi connectivity index (χ1v) is 7.43. The highest BCUT2D eigenvalue weighted by Crippen LogP contribution is 2.40. The quantitative estimate of drug-likeness (QED) is 0.928. The first-order chi connectivity index (χ1) is 8.06. The van der Waals surface area contributed by atoms with Crippen molar-refractivity contribution in [3.63, 3.8) is 0 Å². The molecule has 1 aromatic heterocycles. The highest BCUT2D eigenvalue weighted by atomic mass is 79.9. The van der Waals surface area contributed by atoms with Gasteiger partial charge >= 0.3 is 0 Å². The Morgan fingerprint density at radius 2 is 2.35 bits per heavy atom. The van der Waals surface area contributed by atoms with Crippen LogP contribution in [0.4, 0.5) is 0 Å². The summed E-state index contributed by atoms with van der Waals surface area (Å²) in [5.74, 6) is 0.0976. The summed E-state index contributed by atoms with van der Waals surface area (Å²) in [5, 5.41) is 1.93. The molecule has 5 heteroatoms. The van der Waals surface area contributed by atoms with Crippen LogP contribution in [0.2, 0.25) is 0 Å². The molecule has 0 spiro atoms. The van der Waals surface area contributed by atoms with Gasteiger partial charge in [0.1, 0.15) is 0 Å². The number of amides is 1. The average Bonchev–Trinajstić information content (AvgIpc) is 2.69. The summed E-state index contributed by atoms with van der Waals surface area (Å²) in [4.78, 5) is 14.8. The van der Waals surface area contributed by atoms with E-state index in [1.54, 1.807) is 0 Å². The molecule has 0 aliphatic heterocycles. The Morgan fingerprint density at radius 1 is 1.65 bits per heavy atom. The van der Waals surface area contributed by atoms with Crippen LogP contribution in [0.5, 0.6) is 0 Å². The number of carbonyl (C=O) groups excluding carboxylic acids is 1. The fraction of sp³-hybridized carbons (Fsp3) is 0.583. The van der Waals surface area contributed by atoms with Crippen molar-refractivity contribution in [2.45, 2.75) is 19.3 Å². The molecule has 1 heterocycles. The number of halogens is 1. The zero-order chi connectivity index (χ0) is 12.5. The third-order valence-electron chi connectivity index (χ3n) is 3.54. The minimum Gasteiger partial charge on any atom is -0.340 e. The molecule has 1 aromatic rings. The maximum Gasteiger partial charge on any atom is 0.263 e. The molecule has 1 saturated carbocycles. The number of hydrogen-bond acceptors (Lipinski definition) is 3. The zero-order valence-corrected chi connectivity index (χ0v) is 12.3. The number of rotatable bonds is 4. The van der Waals surface area contributed by atoms with Crippen molar-refractivity contribution in [3.05, 3.63) is 20.8 Å². The summed E-state index contributed by atoms with van der Waals surface area (Å²) in [6, 6.07) is 1.87. The van der Waals surface area contributed by atoms with E-state index >= 15 is 0 Å². The van der Waals surface area contributed by atoms with Crippen LogP contribution in [0.3, 0.4) is 0 Å². The van der Waals surface area contributed by atoms with Crippen LogP contribution in [0.25, 0.3) is 0 Å². The van der Waals surface area contributed by atoms with E-state index in [1.807, 2.05) is 23.4 Å². The van der Waals surface area contributed by atoms with E-state index in [-0.39, 0.29) is 11.3 Å². The summed E-state index contributed by atoms with van der Waals surface area (Å²) in [5.41, 5.74) is 6.00. The molecule has 94 valence electrons. The summed E-state index contributed by atoms with van der Waals surface area (Å²) < 4.78 is 0.969. The predicted molar refractivity (Wildman–Crippen MR) is 74.3 cm³/mol. The van der Waals surface area contributed by atoms with E-state index in [9.17, 15) is 4.79 Å². The molecule has 2 N–H and O–H groups in total. The molecule has 0 aromatic carbocycles. The van der Waals surface area contributed by atoms with Gasteiger partial charge in [0.25, 0.3) is 5.91 Å². The van der Waals surface area contributed by atoms with Crippen molar-refractivity contribution in [2.24, 2.45) is 11.1 Å². The number of carbonyl (C=O) groups is 1.